The van der Waals surface area contributed by atoms with Crippen LogP contribution >= 0.6 is 0 Å². The van der Waals surface area contributed by atoms with Crippen LogP contribution < -0.4 is 15.5 Å². The molecule has 2 N–H and O–H groups in total. The normalized spacial score (nSPS) is 15.1. The first kappa shape index (κ1) is 10.7. The number of fused-ring (bicyclic) bond motifs is 1. The maximum absolute atomic E-state index is 11.7. The number of hydrogen-bond acceptors (Lipinski definition) is 4. The van der Waals surface area contributed by atoms with E-state index in [1.807, 2.05) is 20.0 Å². The topological polar surface area (TPSA) is 57.3 Å². The number of anilines is 2. The van der Waals surface area contributed by atoms with Gasteiger partial charge in [-0.3, -0.25) is 4.79 Å². The Labute approximate surface area is 94.9 Å². The van der Waals surface area contributed by atoms with Crippen molar-refractivity contribution in [2.24, 2.45) is 0 Å². The molecular weight excluding hydrogens is 204 g/mol. The standard InChI is InChI=1S/C11H16N4O/c1-3-12-10-6-9-8(7-14-10)11(16)13-4-5-15(9)2/h6-7H,3-5H2,1-2H3,(H,12,14)(H,13,16). The second kappa shape index (κ2) is 4.38. The number of nitrogens with zero attached hydrogens (tertiary/aromatic N) is 2. The third-order valence-corrected chi connectivity index (χ3v) is 2.63. The van der Waals surface area contributed by atoms with E-state index in [9.17, 15) is 4.79 Å². The molecule has 1 aromatic rings. The van der Waals surface area contributed by atoms with E-state index in [-0.39, 0.29) is 5.91 Å². The zero-order chi connectivity index (χ0) is 11.5. The molecule has 0 aliphatic carbocycles. The van der Waals surface area contributed by atoms with E-state index in [0.29, 0.717) is 12.1 Å². The van der Waals surface area contributed by atoms with Crippen LogP contribution in [0.5, 0.6) is 0 Å². The average molecular weight is 220 g/mol. The van der Waals surface area contributed by atoms with E-state index in [4.69, 9.17) is 0 Å². The number of rotatable bonds is 2. The van der Waals surface area contributed by atoms with Crippen molar-refractivity contribution in [2.75, 3.05) is 36.9 Å². The lowest BCUT2D eigenvalue weighted by Gasteiger charge is -2.18. The minimum atomic E-state index is -0.0464. The Morgan fingerprint density at radius 2 is 2.44 bits per heavy atom. The van der Waals surface area contributed by atoms with E-state index in [2.05, 4.69) is 20.5 Å². The van der Waals surface area contributed by atoms with E-state index in [0.717, 1.165) is 24.6 Å². The summed E-state index contributed by atoms with van der Waals surface area (Å²) in [4.78, 5) is 18.0. The van der Waals surface area contributed by atoms with Gasteiger partial charge in [-0.25, -0.2) is 4.98 Å². The largest absolute Gasteiger partial charge is 0.372 e. The van der Waals surface area contributed by atoms with Crippen molar-refractivity contribution in [1.82, 2.24) is 10.3 Å². The molecule has 2 heterocycles. The van der Waals surface area contributed by atoms with Crippen LogP contribution in [-0.4, -0.2) is 37.6 Å². The van der Waals surface area contributed by atoms with Crippen molar-refractivity contribution in [3.05, 3.63) is 17.8 Å². The molecule has 0 spiro atoms. The first-order chi connectivity index (χ1) is 7.72. The van der Waals surface area contributed by atoms with Gasteiger partial charge in [-0.15, -0.1) is 0 Å². The summed E-state index contributed by atoms with van der Waals surface area (Å²) in [5.74, 6) is 0.762. The zero-order valence-electron chi connectivity index (χ0n) is 9.58. The highest BCUT2D eigenvalue weighted by Crippen LogP contribution is 2.23. The summed E-state index contributed by atoms with van der Waals surface area (Å²) < 4.78 is 0. The molecule has 1 aliphatic heterocycles. The molecule has 0 aromatic carbocycles. The number of carbonyl (C=O) groups is 1. The lowest BCUT2D eigenvalue weighted by Crippen LogP contribution is -2.27. The first-order valence-electron chi connectivity index (χ1n) is 5.45. The summed E-state index contributed by atoms with van der Waals surface area (Å²) in [6.45, 7) is 4.32. The van der Waals surface area contributed by atoms with Crippen LogP contribution in [-0.2, 0) is 0 Å². The molecule has 0 bridgehead atoms. The fourth-order valence-electron chi connectivity index (χ4n) is 1.77. The molecule has 5 heteroatoms. The zero-order valence-corrected chi connectivity index (χ0v) is 9.58. The minimum absolute atomic E-state index is 0.0464. The Bertz CT molecular complexity index is 405. The molecule has 16 heavy (non-hydrogen) atoms. The van der Waals surface area contributed by atoms with Crippen molar-refractivity contribution in [3.8, 4) is 0 Å². The van der Waals surface area contributed by atoms with Crippen LogP contribution in [0.1, 0.15) is 17.3 Å². The number of aromatic nitrogens is 1. The van der Waals surface area contributed by atoms with E-state index in [1.54, 1.807) is 6.20 Å². The smallest absolute Gasteiger partial charge is 0.255 e. The molecule has 0 saturated heterocycles. The highest BCUT2D eigenvalue weighted by molar-refractivity contribution is 6.00. The van der Waals surface area contributed by atoms with Gasteiger partial charge in [0.25, 0.3) is 5.91 Å². The Hall–Kier alpha value is -1.78. The summed E-state index contributed by atoms with van der Waals surface area (Å²) >= 11 is 0. The number of pyridine rings is 1. The molecule has 86 valence electrons. The SMILES string of the molecule is CCNc1cc2c(cn1)C(=O)NCCN2C. The van der Waals surface area contributed by atoms with Crippen LogP contribution in [0, 0.1) is 0 Å². The van der Waals surface area contributed by atoms with Gasteiger partial charge >= 0.3 is 0 Å². The van der Waals surface area contributed by atoms with Gasteiger partial charge in [-0.1, -0.05) is 0 Å². The van der Waals surface area contributed by atoms with Gasteiger partial charge in [0, 0.05) is 38.9 Å². The molecule has 0 fully saturated rings. The quantitative estimate of drug-likeness (QED) is 0.770. The van der Waals surface area contributed by atoms with Crippen LogP contribution in [0.2, 0.25) is 0 Å². The third kappa shape index (κ3) is 1.93. The predicted molar refractivity (Wildman–Crippen MR) is 64.0 cm³/mol. The van der Waals surface area contributed by atoms with Crippen LogP contribution in [0.3, 0.4) is 0 Å². The maximum Gasteiger partial charge on any atom is 0.255 e. The molecule has 1 aliphatic rings. The van der Waals surface area contributed by atoms with Crippen molar-refractivity contribution in [3.63, 3.8) is 0 Å². The van der Waals surface area contributed by atoms with Gasteiger partial charge in [-0.2, -0.15) is 0 Å². The molecule has 0 atom stereocenters. The molecule has 2 rings (SSSR count). The fraction of sp³-hybridized carbons (Fsp3) is 0.455. The van der Waals surface area contributed by atoms with Crippen molar-refractivity contribution in [1.29, 1.82) is 0 Å². The monoisotopic (exact) mass is 220 g/mol. The molecular formula is C11H16N4O. The molecule has 0 saturated carbocycles. The fourth-order valence-corrected chi connectivity index (χ4v) is 1.77. The number of amides is 1. The lowest BCUT2D eigenvalue weighted by molar-refractivity contribution is 0.0957. The highest BCUT2D eigenvalue weighted by Gasteiger charge is 2.19. The molecule has 0 unspecified atom stereocenters. The maximum atomic E-state index is 11.7. The van der Waals surface area contributed by atoms with Crippen LogP contribution in [0.25, 0.3) is 0 Å². The summed E-state index contributed by atoms with van der Waals surface area (Å²) in [5.41, 5.74) is 1.57. The summed E-state index contributed by atoms with van der Waals surface area (Å²) in [6.07, 6.45) is 1.63. The molecule has 5 nitrogen and oxygen atoms in total. The number of hydrogen-bond donors (Lipinski definition) is 2. The van der Waals surface area contributed by atoms with Crippen LogP contribution in [0.4, 0.5) is 11.5 Å². The van der Waals surface area contributed by atoms with Gasteiger partial charge in [0.2, 0.25) is 0 Å². The second-order valence-electron chi connectivity index (χ2n) is 3.79. The van der Waals surface area contributed by atoms with E-state index in [1.165, 1.54) is 0 Å². The Morgan fingerprint density at radius 1 is 1.62 bits per heavy atom. The van der Waals surface area contributed by atoms with Gasteiger partial charge in [-0.05, 0) is 6.92 Å². The number of nitrogens with one attached hydrogen (secondary N) is 2. The highest BCUT2D eigenvalue weighted by atomic mass is 16.1. The Balaban J connectivity index is 2.41. The first-order valence-corrected chi connectivity index (χ1v) is 5.45. The molecule has 1 amide bonds. The lowest BCUT2D eigenvalue weighted by atomic mass is 10.2. The molecule has 0 radical (unpaired) electrons. The van der Waals surface area contributed by atoms with E-state index < -0.39 is 0 Å². The Kier molecular flexibility index (Phi) is 2.94. The number of likely N-dealkylation sites (N-methyl/N-ethyl adjacent to an activating group) is 1. The van der Waals surface area contributed by atoms with E-state index >= 15 is 0 Å². The summed E-state index contributed by atoms with van der Waals surface area (Å²) in [6, 6.07) is 1.92. The minimum Gasteiger partial charge on any atom is -0.372 e. The third-order valence-electron chi connectivity index (χ3n) is 2.63. The Morgan fingerprint density at radius 3 is 3.19 bits per heavy atom. The van der Waals surface area contributed by atoms with Gasteiger partial charge in [0.1, 0.15) is 5.82 Å². The van der Waals surface area contributed by atoms with Crippen molar-refractivity contribution < 1.29 is 4.79 Å². The van der Waals surface area contributed by atoms with Crippen LogP contribution in [0.15, 0.2) is 12.3 Å². The second-order valence-corrected chi connectivity index (χ2v) is 3.79. The molecule has 1 aromatic heterocycles. The predicted octanol–water partition coefficient (Wildman–Crippen LogP) is 0.693. The van der Waals surface area contributed by atoms with Gasteiger partial charge < -0.3 is 15.5 Å². The number of carbonyl (C=O) groups excluding carboxylic acids is 1. The van der Waals surface area contributed by atoms with Crippen molar-refractivity contribution in [2.45, 2.75) is 6.92 Å². The average Bonchev–Trinajstić information content (AvgIpc) is 2.41. The summed E-state index contributed by atoms with van der Waals surface area (Å²) in [7, 11) is 1.98. The van der Waals surface area contributed by atoms with Crippen molar-refractivity contribution >= 4 is 17.4 Å². The van der Waals surface area contributed by atoms with Gasteiger partial charge in [0.15, 0.2) is 0 Å². The van der Waals surface area contributed by atoms with Gasteiger partial charge in [0.05, 0.1) is 11.3 Å². The summed E-state index contributed by atoms with van der Waals surface area (Å²) in [5, 5.41) is 5.99.